The summed E-state index contributed by atoms with van der Waals surface area (Å²) in [5, 5.41) is 36.3. The van der Waals surface area contributed by atoms with Crippen molar-refractivity contribution in [2.75, 3.05) is 11.5 Å². The van der Waals surface area contributed by atoms with Crippen LogP contribution in [0.5, 0.6) is 11.5 Å². The predicted octanol–water partition coefficient (Wildman–Crippen LogP) is 2.30. The average Bonchev–Trinajstić information content (AvgIpc) is 3.09. The molecule has 0 radical (unpaired) electrons. The van der Waals surface area contributed by atoms with Crippen molar-refractivity contribution in [3.8, 4) is 22.6 Å². The van der Waals surface area contributed by atoms with Gasteiger partial charge in [0.15, 0.2) is 11.5 Å². The Morgan fingerprint density at radius 1 is 0.492 bits per heavy atom. The predicted molar refractivity (Wildman–Crippen MR) is 202 cm³/mol. The largest absolute Gasteiger partial charge is 1.00 e. The molecule has 59 heavy (non-hydrogen) atoms. The summed E-state index contributed by atoms with van der Waals surface area (Å²) in [5.74, 6) is -1.83. The maximum Gasteiger partial charge on any atom is 1.00 e. The number of hydrogen-bond donors (Lipinski definition) is 4. The number of anilines is 2. The van der Waals surface area contributed by atoms with Gasteiger partial charge in [0.25, 0.3) is 0 Å². The summed E-state index contributed by atoms with van der Waals surface area (Å²) in [7, 11) is -20.8. The molecular weight excluding hydrogens is 868 g/mol. The maximum absolute atomic E-state index is 12.2. The first-order chi connectivity index (χ1) is 26.8. The molecular formula is C34H24N6NaO14S4-3. The second-order valence-corrected chi connectivity index (χ2v) is 18.0. The Kier molecular flexibility index (Phi) is 12.1. The van der Waals surface area contributed by atoms with E-state index in [0.717, 1.165) is 24.3 Å². The van der Waals surface area contributed by atoms with Crippen LogP contribution in [0.25, 0.3) is 32.7 Å². The third-order valence-corrected chi connectivity index (χ3v) is 12.0. The number of fused-ring (bicyclic) bond motifs is 2. The van der Waals surface area contributed by atoms with Crippen molar-refractivity contribution in [2.45, 2.75) is 33.4 Å². The second-order valence-electron chi connectivity index (χ2n) is 12.6. The molecule has 6 aromatic carbocycles. The first-order valence-electron chi connectivity index (χ1n) is 15.8. The van der Waals surface area contributed by atoms with Crippen LogP contribution >= 0.6 is 0 Å². The number of phenols is 2. The normalized spacial score (nSPS) is 12.8. The monoisotopic (exact) mass is 891 g/mol. The fourth-order valence-corrected chi connectivity index (χ4v) is 8.32. The molecule has 0 amide bonds. The van der Waals surface area contributed by atoms with Crippen LogP contribution in [0.1, 0.15) is 11.1 Å². The van der Waals surface area contributed by atoms with Gasteiger partial charge in [0.05, 0.1) is 31.0 Å². The zero-order valence-corrected chi connectivity index (χ0v) is 35.6. The fraction of sp³-hybridized carbons (Fsp3) is 0.0588. The zero-order chi connectivity index (χ0) is 42.9. The smallest absolute Gasteiger partial charge is 0.744 e. The van der Waals surface area contributed by atoms with Gasteiger partial charge in [-0.1, -0.05) is 12.1 Å². The van der Waals surface area contributed by atoms with Gasteiger partial charge in [-0.05, 0) is 108 Å². The molecule has 0 fully saturated rings. The summed E-state index contributed by atoms with van der Waals surface area (Å²) in [6.07, 6.45) is 0. The van der Waals surface area contributed by atoms with Crippen molar-refractivity contribution >= 4 is 96.1 Å². The molecule has 20 nitrogen and oxygen atoms in total. The van der Waals surface area contributed by atoms with Crippen molar-refractivity contribution < 1.29 is 91.7 Å². The third kappa shape index (κ3) is 9.07. The van der Waals surface area contributed by atoms with Gasteiger partial charge in [-0.15, -0.1) is 10.2 Å². The summed E-state index contributed by atoms with van der Waals surface area (Å²) < 4.78 is 142. The molecule has 6 rings (SSSR count). The van der Waals surface area contributed by atoms with E-state index >= 15 is 0 Å². The number of azo groups is 2. The van der Waals surface area contributed by atoms with Crippen LogP contribution in [0.15, 0.2) is 113 Å². The van der Waals surface area contributed by atoms with Crippen molar-refractivity contribution in [3.05, 3.63) is 83.9 Å². The molecule has 302 valence electrons. The first kappa shape index (κ1) is 45.0. The molecule has 6 N–H and O–H groups in total. The molecule has 25 heteroatoms. The Balaban J connectivity index is 0.00000661. The van der Waals surface area contributed by atoms with E-state index in [1.807, 2.05) is 0 Å². The van der Waals surface area contributed by atoms with Crippen molar-refractivity contribution in [1.82, 2.24) is 0 Å². The van der Waals surface area contributed by atoms with E-state index in [0.29, 0.717) is 34.4 Å². The van der Waals surface area contributed by atoms with Crippen LogP contribution in [0.4, 0.5) is 34.1 Å². The van der Waals surface area contributed by atoms with E-state index in [2.05, 4.69) is 20.5 Å². The molecule has 0 unspecified atom stereocenters. The molecule has 0 aliphatic rings. The van der Waals surface area contributed by atoms with Gasteiger partial charge < -0.3 is 39.9 Å². The van der Waals surface area contributed by atoms with Gasteiger partial charge in [0, 0.05) is 22.1 Å². The van der Waals surface area contributed by atoms with Gasteiger partial charge in [-0.2, -0.15) is 10.2 Å². The minimum Gasteiger partial charge on any atom is -0.744 e. The van der Waals surface area contributed by atoms with E-state index < -0.39 is 94.3 Å². The first-order valence-corrected chi connectivity index (χ1v) is 21.5. The Labute approximate surface area is 357 Å². The van der Waals surface area contributed by atoms with E-state index in [-0.39, 0.29) is 62.5 Å². The Morgan fingerprint density at radius 2 is 0.831 bits per heavy atom. The molecule has 0 aromatic heterocycles. The number of hydrogen-bond acceptors (Lipinski definition) is 20. The van der Waals surface area contributed by atoms with E-state index in [4.69, 9.17) is 11.5 Å². The van der Waals surface area contributed by atoms with Gasteiger partial charge in [0.1, 0.15) is 51.8 Å². The molecule has 0 heterocycles. The molecule has 6 aromatic rings. The molecule has 0 aliphatic heterocycles. The number of nitrogens with two attached hydrogens (primary N) is 2. The zero-order valence-electron chi connectivity index (χ0n) is 30.3. The quantitative estimate of drug-likeness (QED) is 0.0700. The van der Waals surface area contributed by atoms with Crippen LogP contribution in [-0.4, -0.2) is 62.1 Å². The molecule has 0 saturated carbocycles. The summed E-state index contributed by atoms with van der Waals surface area (Å²) in [5.41, 5.74) is 11.8. The molecule has 0 saturated heterocycles. The van der Waals surface area contributed by atoms with Crippen LogP contribution in [0, 0.1) is 13.8 Å². The minimum atomic E-state index is -5.35. The van der Waals surface area contributed by atoms with Crippen LogP contribution in [0.2, 0.25) is 0 Å². The third-order valence-electron chi connectivity index (χ3n) is 8.67. The Hall–Kier alpha value is -5.12. The van der Waals surface area contributed by atoms with Crippen LogP contribution < -0.4 is 41.0 Å². The fourth-order valence-electron chi connectivity index (χ4n) is 5.95. The number of nitrogen functional groups attached to an aromatic ring is 2. The van der Waals surface area contributed by atoms with Crippen molar-refractivity contribution in [1.29, 1.82) is 0 Å². The van der Waals surface area contributed by atoms with Crippen LogP contribution in [-0.2, 0) is 40.5 Å². The maximum atomic E-state index is 12.2. The van der Waals surface area contributed by atoms with Crippen LogP contribution in [0.3, 0.4) is 0 Å². The number of phenolic OH excluding ortho intramolecular Hbond substituents is 2. The number of nitrogens with zero attached hydrogens (tertiary/aromatic N) is 4. The summed E-state index contributed by atoms with van der Waals surface area (Å²) in [6, 6.07) is 13.9. The van der Waals surface area contributed by atoms with Gasteiger partial charge in [-0.25, -0.2) is 33.7 Å². The van der Waals surface area contributed by atoms with Crippen molar-refractivity contribution in [3.63, 3.8) is 0 Å². The molecule has 0 aliphatic carbocycles. The SMILES string of the molecule is Cc1cc(-c2ccc(N=Nc3c(S(=O)(=O)[O-])cc4cc(S(=O)(=O)[O-])cc(N)c4c3O)c(C)c2)ccc1N=Nc1c(S(=O)(=O)[O-])cc2cc(S(=O)(=O)[O-])cc(N)c2c1O.[Na+]. The van der Waals surface area contributed by atoms with Crippen molar-refractivity contribution in [2.24, 2.45) is 20.5 Å². The molecule has 0 atom stereocenters. The average molecular weight is 892 g/mol. The van der Waals surface area contributed by atoms with E-state index in [1.54, 1.807) is 38.1 Å². The number of rotatable bonds is 9. The minimum absolute atomic E-state index is 0. The summed E-state index contributed by atoms with van der Waals surface area (Å²) in [4.78, 5) is -3.79. The second kappa shape index (κ2) is 15.8. The Bertz CT molecular complexity index is 3090. The number of aryl methyl sites for hydroxylation is 2. The number of benzene rings is 6. The van der Waals surface area contributed by atoms with Gasteiger partial charge in [-0.3, -0.25) is 0 Å². The topological polar surface area (TPSA) is 371 Å². The summed E-state index contributed by atoms with van der Waals surface area (Å²) in [6.45, 7) is 3.24. The summed E-state index contributed by atoms with van der Waals surface area (Å²) >= 11 is 0. The number of aromatic hydroxyl groups is 2. The molecule has 0 spiro atoms. The Morgan fingerprint density at radius 3 is 1.12 bits per heavy atom. The van der Waals surface area contributed by atoms with Gasteiger partial charge in [0.2, 0.25) is 0 Å². The van der Waals surface area contributed by atoms with Gasteiger partial charge >= 0.3 is 29.6 Å². The standard InChI is InChI=1S/C34H28N6O14S4.Na/c1-15-7-17(3-5-25(15)37-39-31-27(57(49,50)51)11-19-9-21(55(43,44)45)13-23(35)29(19)33(31)41)18-4-6-26(16(2)8-18)38-40-32-28(58(52,53)54)12-20-10-22(56(46,47)48)14-24(36)30(20)34(32)42;/h3-14,41-42H,35-36H2,1-2H3,(H,43,44,45)(H,46,47,48)(H,49,50,51)(H,52,53,54);/q;+1/p-4. The van der Waals surface area contributed by atoms with E-state index in [9.17, 15) is 62.1 Å². The molecule has 0 bridgehead atoms. The van der Waals surface area contributed by atoms with E-state index in [1.165, 1.54) is 12.1 Å².